The van der Waals surface area contributed by atoms with Crippen molar-refractivity contribution in [1.82, 2.24) is 9.88 Å². The van der Waals surface area contributed by atoms with E-state index >= 15 is 0 Å². The first-order valence-corrected chi connectivity index (χ1v) is 4.73. The number of hydrogen-bond donors (Lipinski definition) is 1. The maximum absolute atomic E-state index is 11.6. The van der Waals surface area contributed by atoms with E-state index < -0.39 is 5.97 Å². The van der Waals surface area contributed by atoms with E-state index in [0.29, 0.717) is 5.56 Å². The Morgan fingerprint density at radius 2 is 2.33 bits per heavy atom. The van der Waals surface area contributed by atoms with Crippen molar-refractivity contribution in [2.75, 3.05) is 20.2 Å². The summed E-state index contributed by atoms with van der Waals surface area (Å²) in [6, 6.07) is 3.12. The van der Waals surface area contributed by atoms with Gasteiger partial charge in [0.25, 0.3) is 5.56 Å². The highest BCUT2D eigenvalue weighted by Crippen LogP contribution is 2.08. The molecule has 1 aromatic heterocycles. The van der Waals surface area contributed by atoms with E-state index in [1.54, 1.807) is 16.8 Å². The number of aromatic nitrogens is 1. The molecule has 2 heterocycles. The summed E-state index contributed by atoms with van der Waals surface area (Å²) in [6.07, 6.45) is 1.64. The van der Waals surface area contributed by atoms with E-state index in [2.05, 4.69) is 10.1 Å². The number of nitrogens with zero attached hydrogens (tertiary/aromatic N) is 1. The SMILES string of the molecule is COC(=O)c1ccn(C2CNC2)c(=O)c1. The molecule has 80 valence electrons. The lowest BCUT2D eigenvalue weighted by atomic mass is 10.1. The number of hydrogen-bond acceptors (Lipinski definition) is 4. The number of methoxy groups -OCH3 is 1. The van der Waals surface area contributed by atoms with Crippen molar-refractivity contribution >= 4 is 5.97 Å². The number of nitrogens with one attached hydrogen (secondary N) is 1. The first-order valence-electron chi connectivity index (χ1n) is 4.73. The van der Waals surface area contributed by atoms with Crippen LogP contribution in [-0.2, 0) is 4.74 Å². The molecule has 0 aromatic carbocycles. The molecule has 2 rings (SSSR count). The van der Waals surface area contributed by atoms with Crippen LogP contribution in [0.15, 0.2) is 23.1 Å². The average molecular weight is 208 g/mol. The van der Waals surface area contributed by atoms with Gasteiger partial charge in [0.1, 0.15) is 0 Å². The Morgan fingerprint density at radius 1 is 1.60 bits per heavy atom. The second-order valence-corrected chi connectivity index (χ2v) is 3.46. The maximum atomic E-state index is 11.6. The minimum atomic E-state index is -0.481. The fraction of sp³-hybridized carbons (Fsp3) is 0.400. The van der Waals surface area contributed by atoms with Gasteiger partial charge in [-0.3, -0.25) is 4.79 Å². The lowest BCUT2D eigenvalue weighted by Crippen LogP contribution is -2.46. The van der Waals surface area contributed by atoms with Gasteiger partial charge in [-0.15, -0.1) is 0 Å². The summed E-state index contributed by atoms with van der Waals surface area (Å²) in [5, 5.41) is 3.08. The molecule has 5 nitrogen and oxygen atoms in total. The molecule has 0 bridgehead atoms. The highest BCUT2D eigenvalue weighted by atomic mass is 16.5. The van der Waals surface area contributed by atoms with E-state index in [4.69, 9.17) is 0 Å². The fourth-order valence-electron chi connectivity index (χ4n) is 1.51. The van der Waals surface area contributed by atoms with Crippen LogP contribution in [0.5, 0.6) is 0 Å². The third kappa shape index (κ3) is 1.78. The minimum Gasteiger partial charge on any atom is -0.465 e. The molecule has 1 N–H and O–H groups in total. The molecular formula is C10H12N2O3. The largest absolute Gasteiger partial charge is 0.465 e. The quantitative estimate of drug-likeness (QED) is 0.682. The molecule has 0 unspecified atom stereocenters. The second kappa shape index (κ2) is 3.86. The van der Waals surface area contributed by atoms with E-state index in [1.807, 2.05) is 0 Å². The number of ether oxygens (including phenoxy) is 1. The monoisotopic (exact) mass is 208 g/mol. The highest BCUT2D eigenvalue weighted by Gasteiger charge is 2.19. The molecule has 0 spiro atoms. The van der Waals surface area contributed by atoms with Crippen molar-refractivity contribution in [3.05, 3.63) is 34.2 Å². The summed E-state index contributed by atoms with van der Waals surface area (Å²) in [5.41, 5.74) is 0.135. The van der Waals surface area contributed by atoms with Gasteiger partial charge in [-0.2, -0.15) is 0 Å². The van der Waals surface area contributed by atoms with Crippen LogP contribution in [0.3, 0.4) is 0 Å². The van der Waals surface area contributed by atoms with Crippen LogP contribution in [0.2, 0.25) is 0 Å². The van der Waals surface area contributed by atoms with Crippen LogP contribution >= 0.6 is 0 Å². The molecule has 0 atom stereocenters. The molecule has 1 aromatic rings. The average Bonchev–Trinajstić information content (AvgIpc) is 2.17. The van der Waals surface area contributed by atoms with Crippen LogP contribution in [0, 0.1) is 0 Å². The summed E-state index contributed by atoms with van der Waals surface area (Å²) in [7, 11) is 1.30. The number of pyridine rings is 1. The third-order valence-corrected chi connectivity index (χ3v) is 2.52. The van der Waals surface area contributed by atoms with Crippen molar-refractivity contribution in [3.63, 3.8) is 0 Å². The molecular weight excluding hydrogens is 196 g/mol. The van der Waals surface area contributed by atoms with Gasteiger partial charge in [-0.05, 0) is 6.07 Å². The van der Waals surface area contributed by atoms with Gasteiger partial charge >= 0.3 is 5.97 Å². The predicted octanol–water partition coefficient (Wildman–Crippen LogP) is -0.221. The van der Waals surface area contributed by atoms with Gasteiger partial charge in [0.2, 0.25) is 0 Å². The first-order chi connectivity index (χ1) is 7.22. The Bertz CT molecular complexity index is 435. The van der Waals surface area contributed by atoms with E-state index in [9.17, 15) is 9.59 Å². The van der Waals surface area contributed by atoms with Crippen molar-refractivity contribution in [3.8, 4) is 0 Å². The Kier molecular flexibility index (Phi) is 2.55. The minimum absolute atomic E-state index is 0.163. The van der Waals surface area contributed by atoms with Gasteiger partial charge in [-0.1, -0.05) is 0 Å². The molecule has 1 aliphatic rings. The van der Waals surface area contributed by atoms with Crippen molar-refractivity contribution in [2.24, 2.45) is 0 Å². The molecule has 0 saturated carbocycles. The first kappa shape index (κ1) is 9.92. The molecule has 1 saturated heterocycles. The van der Waals surface area contributed by atoms with Crippen LogP contribution in [0.4, 0.5) is 0 Å². The number of rotatable bonds is 2. The van der Waals surface area contributed by atoms with Crippen LogP contribution in [-0.4, -0.2) is 30.7 Å². The topological polar surface area (TPSA) is 60.3 Å². The number of carbonyl (C=O) groups is 1. The second-order valence-electron chi connectivity index (χ2n) is 3.46. The van der Waals surface area contributed by atoms with Gasteiger partial charge in [0.15, 0.2) is 0 Å². The van der Waals surface area contributed by atoms with Gasteiger partial charge < -0.3 is 14.6 Å². The summed E-state index contributed by atoms with van der Waals surface area (Å²) in [6.45, 7) is 1.61. The van der Waals surface area contributed by atoms with Gasteiger partial charge in [0.05, 0.1) is 18.7 Å². The lowest BCUT2D eigenvalue weighted by molar-refractivity contribution is 0.0600. The van der Waals surface area contributed by atoms with E-state index in [0.717, 1.165) is 13.1 Å². The smallest absolute Gasteiger partial charge is 0.338 e. The predicted molar refractivity (Wildman–Crippen MR) is 53.9 cm³/mol. The summed E-state index contributed by atoms with van der Waals surface area (Å²) in [4.78, 5) is 22.8. The normalized spacial score (nSPS) is 15.8. The van der Waals surface area contributed by atoms with Crippen molar-refractivity contribution in [1.29, 1.82) is 0 Å². The maximum Gasteiger partial charge on any atom is 0.338 e. The molecule has 0 radical (unpaired) electrons. The zero-order valence-electron chi connectivity index (χ0n) is 8.40. The Balaban J connectivity index is 2.30. The third-order valence-electron chi connectivity index (χ3n) is 2.52. The molecule has 5 heteroatoms. The summed E-state index contributed by atoms with van der Waals surface area (Å²) < 4.78 is 6.16. The molecule has 0 aliphatic carbocycles. The molecule has 1 aliphatic heterocycles. The summed E-state index contributed by atoms with van der Waals surface area (Å²) in [5.74, 6) is -0.481. The molecule has 1 fully saturated rings. The highest BCUT2D eigenvalue weighted by molar-refractivity contribution is 5.88. The van der Waals surface area contributed by atoms with E-state index in [-0.39, 0.29) is 11.6 Å². The van der Waals surface area contributed by atoms with Crippen LogP contribution in [0.25, 0.3) is 0 Å². The molecule has 15 heavy (non-hydrogen) atoms. The van der Waals surface area contributed by atoms with Gasteiger partial charge in [-0.25, -0.2) is 4.79 Å². The molecule has 0 amide bonds. The number of esters is 1. The van der Waals surface area contributed by atoms with Gasteiger partial charge in [0, 0.05) is 25.4 Å². The Labute approximate surface area is 86.7 Å². The Hall–Kier alpha value is -1.62. The van der Waals surface area contributed by atoms with Crippen molar-refractivity contribution < 1.29 is 9.53 Å². The summed E-state index contributed by atoms with van der Waals surface area (Å²) >= 11 is 0. The van der Waals surface area contributed by atoms with Crippen LogP contribution < -0.4 is 10.9 Å². The Morgan fingerprint density at radius 3 is 2.80 bits per heavy atom. The lowest BCUT2D eigenvalue weighted by Gasteiger charge is -2.28. The standard InChI is InChI=1S/C10H12N2O3/c1-15-10(14)7-2-3-12(9(13)4-7)8-5-11-6-8/h2-4,8,11H,5-6H2,1H3. The zero-order chi connectivity index (χ0) is 10.8. The number of carbonyl (C=O) groups excluding carboxylic acids is 1. The fourth-order valence-corrected chi connectivity index (χ4v) is 1.51. The van der Waals surface area contributed by atoms with Crippen molar-refractivity contribution in [2.45, 2.75) is 6.04 Å². The van der Waals surface area contributed by atoms with E-state index in [1.165, 1.54) is 13.2 Å². The van der Waals surface area contributed by atoms with Crippen LogP contribution in [0.1, 0.15) is 16.4 Å². The zero-order valence-corrected chi connectivity index (χ0v) is 8.40.